The molecule has 0 bridgehead atoms. The zero-order valence-electron chi connectivity index (χ0n) is 11.4. The maximum absolute atomic E-state index is 12.4. The van der Waals surface area contributed by atoms with Gasteiger partial charge in [-0.05, 0) is 25.8 Å². The summed E-state index contributed by atoms with van der Waals surface area (Å²) < 4.78 is 6.64. The molecule has 2 aromatic rings. The van der Waals surface area contributed by atoms with Gasteiger partial charge < -0.3 is 15.8 Å². The summed E-state index contributed by atoms with van der Waals surface area (Å²) >= 11 is 1.44. The van der Waals surface area contributed by atoms with E-state index in [4.69, 9.17) is 10.5 Å². The Morgan fingerprint density at radius 3 is 3.00 bits per heavy atom. The van der Waals surface area contributed by atoms with Gasteiger partial charge in [0.05, 0.1) is 17.8 Å². The van der Waals surface area contributed by atoms with Crippen LogP contribution in [0.4, 0.5) is 5.69 Å². The van der Waals surface area contributed by atoms with Gasteiger partial charge in [0.25, 0.3) is 5.91 Å². The molecular formula is C15H18N2O2S. The largest absolute Gasteiger partial charge is 0.397 e. The molecule has 2 heterocycles. The van der Waals surface area contributed by atoms with Crippen molar-refractivity contribution in [3.05, 3.63) is 29.1 Å². The van der Waals surface area contributed by atoms with Crippen molar-refractivity contribution in [2.75, 3.05) is 12.3 Å². The van der Waals surface area contributed by atoms with E-state index in [0.717, 1.165) is 29.5 Å². The van der Waals surface area contributed by atoms with Gasteiger partial charge in [-0.3, -0.25) is 4.79 Å². The highest BCUT2D eigenvalue weighted by molar-refractivity contribution is 7.21. The molecule has 0 saturated carbocycles. The molecule has 20 heavy (non-hydrogen) atoms. The molecule has 106 valence electrons. The molecule has 4 nitrogen and oxygen atoms in total. The lowest BCUT2D eigenvalue weighted by molar-refractivity contribution is 0.0715. The van der Waals surface area contributed by atoms with Crippen LogP contribution in [0.15, 0.2) is 24.3 Å². The Kier molecular flexibility index (Phi) is 3.63. The number of hydrogen-bond donors (Lipinski definition) is 2. The van der Waals surface area contributed by atoms with Crippen molar-refractivity contribution in [1.82, 2.24) is 5.32 Å². The third-order valence-corrected chi connectivity index (χ3v) is 4.91. The first kappa shape index (κ1) is 13.4. The molecule has 1 aromatic heterocycles. The third kappa shape index (κ3) is 2.39. The number of carbonyl (C=O) groups excluding carboxylic acids is 1. The molecule has 2 unspecified atom stereocenters. The molecule has 1 amide bonds. The van der Waals surface area contributed by atoms with Gasteiger partial charge in [0, 0.05) is 16.7 Å². The molecule has 0 radical (unpaired) electrons. The molecule has 1 aromatic carbocycles. The van der Waals surface area contributed by atoms with Gasteiger partial charge in [-0.1, -0.05) is 18.2 Å². The summed E-state index contributed by atoms with van der Waals surface area (Å²) in [6, 6.07) is 7.82. The number of thiophene rings is 1. The van der Waals surface area contributed by atoms with E-state index in [1.165, 1.54) is 11.3 Å². The summed E-state index contributed by atoms with van der Waals surface area (Å²) in [5.74, 6) is -0.105. The van der Waals surface area contributed by atoms with Gasteiger partial charge in [0.15, 0.2) is 0 Å². The maximum Gasteiger partial charge on any atom is 0.263 e. The molecule has 1 aliphatic rings. The number of nitrogens with two attached hydrogens (primary N) is 1. The van der Waals surface area contributed by atoms with Crippen LogP contribution >= 0.6 is 11.3 Å². The van der Waals surface area contributed by atoms with E-state index in [-0.39, 0.29) is 18.1 Å². The molecule has 0 spiro atoms. The Balaban J connectivity index is 1.80. The second-order valence-electron chi connectivity index (χ2n) is 5.15. The van der Waals surface area contributed by atoms with E-state index in [0.29, 0.717) is 10.6 Å². The monoisotopic (exact) mass is 290 g/mol. The van der Waals surface area contributed by atoms with Gasteiger partial charge in [-0.15, -0.1) is 11.3 Å². The Morgan fingerprint density at radius 1 is 1.50 bits per heavy atom. The van der Waals surface area contributed by atoms with Crippen LogP contribution in [0.2, 0.25) is 0 Å². The number of rotatable bonds is 3. The fraction of sp³-hybridized carbons (Fsp3) is 0.400. The van der Waals surface area contributed by atoms with Crippen molar-refractivity contribution in [2.24, 2.45) is 0 Å². The highest BCUT2D eigenvalue weighted by atomic mass is 32.1. The Bertz CT molecular complexity index is 632. The minimum atomic E-state index is -0.105. The summed E-state index contributed by atoms with van der Waals surface area (Å²) in [7, 11) is 0. The van der Waals surface area contributed by atoms with Crippen LogP contribution in [0.5, 0.6) is 0 Å². The lowest BCUT2D eigenvalue weighted by Gasteiger charge is -2.19. The normalized spacial score (nSPS) is 20.1. The maximum atomic E-state index is 12.4. The van der Waals surface area contributed by atoms with Crippen LogP contribution in [0.3, 0.4) is 0 Å². The molecule has 0 aliphatic carbocycles. The Labute approximate surface area is 121 Å². The van der Waals surface area contributed by atoms with Gasteiger partial charge in [-0.2, -0.15) is 0 Å². The zero-order valence-corrected chi connectivity index (χ0v) is 12.2. The fourth-order valence-corrected chi connectivity index (χ4v) is 3.62. The summed E-state index contributed by atoms with van der Waals surface area (Å²) in [6.07, 6.45) is 2.19. The van der Waals surface area contributed by atoms with Gasteiger partial charge in [-0.25, -0.2) is 0 Å². The molecular weight excluding hydrogens is 272 g/mol. The molecule has 1 fully saturated rings. The van der Waals surface area contributed by atoms with Gasteiger partial charge in [0.1, 0.15) is 4.88 Å². The Morgan fingerprint density at radius 2 is 2.30 bits per heavy atom. The van der Waals surface area contributed by atoms with Crippen molar-refractivity contribution < 1.29 is 9.53 Å². The predicted molar refractivity (Wildman–Crippen MR) is 82.1 cm³/mol. The molecule has 3 rings (SSSR count). The van der Waals surface area contributed by atoms with E-state index in [1.54, 1.807) is 0 Å². The van der Waals surface area contributed by atoms with Crippen LogP contribution in [-0.4, -0.2) is 24.7 Å². The number of ether oxygens (including phenoxy) is 1. The van der Waals surface area contributed by atoms with Crippen LogP contribution in [0, 0.1) is 0 Å². The van der Waals surface area contributed by atoms with Crippen LogP contribution in [0.25, 0.3) is 10.1 Å². The molecule has 2 atom stereocenters. The Hall–Kier alpha value is -1.59. The minimum absolute atomic E-state index is 0.00890. The molecule has 5 heteroatoms. The number of nitrogen functional groups attached to an aromatic ring is 1. The van der Waals surface area contributed by atoms with E-state index >= 15 is 0 Å². The number of nitrogens with one attached hydrogen (secondary N) is 1. The highest BCUT2D eigenvalue weighted by Gasteiger charge is 2.25. The standard InChI is InChI=1S/C15H18N2O2S/c1-9(11-6-4-8-19-11)17-15(18)14-13(16)10-5-2-3-7-12(10)20-14/h2-3,5,7,9,11H,4,6,8,16H2,1H3,(H,17,18). The van der Waals surface area contributed by atoms with Crippen molar-refractivity contribution >= 4 is 33.0 Å². The van der Waals surface area contributed by atoms with E-state index < -0.39 is 0 Å². The lowest BCUT2D eigenvalue weighted by Crippen LogP contribution is -2.40. The van der Waals surface area contributed by atoms with E-state index in [9.17, 15) is 4.79 Å². The molecule has 1 aliphatic heterocycles. The number of hydrogen-bond acceptors (Lipinski definition) is 4. The van der Waals surface area contributed by atoms with Crippen molar-refractivity contribution in [3.63, 3.8) is 0 Å². The summed E-state index contributed by atoms with van der Waals surface area (Å²) in [5.41, 5.74) is 6.66. The average Bonchev–Trinajstić information content (AvgIpc) is 3.07. The van der Waals surface area contributed by atoms with Crippen molar-refractivity contribution in [2.45, 2.75) is 31.9 Å². The number of anilines is 1. The zero-order chi connectivity index (χ0) is 14.1. The van der Waals surface area contributed by atoms with Gasteiger partial charge in [0.2, 0.25) is 0 Å². The smallest absolute Gasteiger partial charge is 0.263 e. The predicted octanol–water partition coefficient (Wildman–Crippen LogP) is 2.78. The number of benzene rings is 1. The fourth-order valence-electron chi connectivity index (χ4n) is 2.60. The van der Waals surface area contributed by atoms with Crippen LogP contribution < -0.4 is 11.1 Å². The van der Waals surface area contributed by atoms with Crippen molar-refractivity contribution in [3.8, 4) is 0 Å². The third-order valence-electron chi connectivity index (χ3n) is 3.72. The van der Waals surface area contributed by atoms with E-state index in [2.05, 4.69) is 5.32 Å². The number of amides is 1. The van der Waals surface area contributed by atoms with Crippen molar-refractivity contribution in [1.29, 1.82) is 0 Å². The first-order chi connectivity index (χ1) is 9.66. The second kappa shape index (κ2) is 5.42. The van der Waals surface area contributed by atoms with Crippen LogP contribution in [0.1, 0.15) is 29.4 Å². The second-order valence-corrected chi connectivity index (χ2v) is 6.21. The topological polar surface area (TPSA) is 64.4 Å². The highest BCUT2D eigenvalue weighted by Crippen LogP contribution is 2.33. The van der Waals surface area contributed by atoms with Gasteiger partial charge >= 0.3 is 0 Å². The lowest BCUT2D eigenvalue weighted by atomic mass is 10.1. The summed E-state index contributed by atoms with van der Waals surface area (Å²) in [5, 5.41) is 3.96. The quantitative estimate of drug-likeness (QED) is 0.913. The average molecular weight is 290 g/mol. The summed E-state index contributed by atoms with van der Waals surface area (Å²) in [6.45, 7) is 2.77. The molecule has 1 saturated heterocycles. The van der Waals surface area contributed by atoms with Crippen LogP contribution in [-0.2, 0) is 4.74 Å². The summed E-state index contributed by atoms with van der Waals surface area (Å²) in [4.78, 5) is 13.0. The first-order valence-corrected chi connectivity index (χ1v) is 7.68. The van der Waals surface area contributed by atoms with E-state index in [1.807, 2.05) is 31.2 Å². The SMILES string of the molecule is CC(NC(=O)c1sc2ccccc2c1N)C1CCCO1. The number of carbonyl (C=O) groups is 1. The number of fused-ring (bicyclic) bond motifs is 1. The molecule has 3 N–H and O–H groups in total. The first-order valence-electron chi connectivity index (χ1n) is 6.86. The minimum Gasteiger partial charge on any atom is -0.397 e.